The lowest BCUT2D eigenvalue weighted by molar-refractivity contribution is -0.573. The standard InChI is InChI=1S/C16H27N.C2H6/c1-6-16(4,5)14-9-7-8-10-15(14)17-12-11-13(2)3;1-2/h7-10,13,17H,6,11-12H2,1-5H3;1-2H3/p+1. The van der Waals surface area contributed by atoms with Crippen molar-refractivity contribution in [1.29, 1.82) is 0 Å². The van der Waals surface area contributed by atoms with Gasteiger partial charge in [-0.05, 0) is 30.2 Å². The summed E-state index contributed by atoms with van der Waals surface area (Å²) >= 11 is 0. The van der Waals surface area contributed by atoms with Crippen LogP contribution in [0.25, 0.3) is 0 Å². The second-order valence-corrected chi connectivity index (χ2v) is 6.00. The van der Waals surface area contributed by atoms with Gasteiger partial charge in [0.25, 0.3) is 0 Å². The van der Waals surface area contributed by atoms with Crippen molar-refractivity contribution in [2.75, 3.05) is 6.54 Å². The van der Waals surface area contributed by atoms with Crippen LogP contribution in [-0.2, 0) is 5.41 Å². The van der Waals surface area contributed by atoms with Crippen molar-refractivity contribution in [1.82, 2.24) is 0 Å². The molecule has 0 aromatic heterocycles. The molecular weight excluding hydrogens is 230 g/mol. The number of rotatable bonds is 6. The van der Waals surface area contributed by atoms with E-state index in [-0.39, 0.29) is 5.41 Å². The molecule has 1 aromatic carbocycles. The van der Waals surface area contributed by atoms with Crippen LogP contribution < -0.4 is 5.32 Å². The molecular formula is C18H34N+. The monoisotopic (exact) mass is 264 g/mol. The molecule has 1 aromatic rings. The Balaban J connectivity index is 0.00000154. The van der Waals surface area contributed by atoms with Crippen molar-refractivity contribution in [3.05, 3.63) is 29.8 Å². The van der Waals surface area contributed by atoms with E-state index in [9.17, 15) is 0 Å². The Morgan fingerprint density at radius 1 is 1.11 bits per heavy atom. The Hall–Kier alpha value is -0.820. The van der Waals surface area contributed by atoms with Gasteiger partial charge in [0, 0.05) is 5.56 Å². The molecule has 0 heterocycles. The molecule has 19 heavy (non-hydrogen) atoms. The van der Waals surface area contributed by atoms with Crippen LogP contribution in [0.4, 0.5) is 5.69 Å². The summed E-state index contributed by atoms with van der Waals surface area (Å²) in [5, 5.41) is 2.41. The average molecular weight is 264 g/mol. The van der Waals surface area contributed by atoms with E-state index in [2.05, 4.69) is 64.2 Å². The van der Waals surface area contributed by atoms with Crippen molar-refractivity contribution < 1.29 is 5.32 Å². The Labute approximate surface area is 120 Å². The number of quaternary nitrogens is 1. The van der Waals surface area contributed by atoms with Crippen LogP contribution in [0, 0.1) is 5.92 Å². The normalized spacial score (nSPS) is 11.2. The van der Waals surface area contributed by atoms with Gasteiger partial charge < -0.3 is 5.32 Å². The lowest BCUT2D eigenvalue weighted by Crippen LogP contribution is -2.78. The fraction of sp³-hybridized carbons (Fsp3) is 0.667. The van der Waals surface area contributed by atoms with Crippen LogP contribution in [0.5, 0.6) is 0 Å². The highest BCUT2D eigenvalue weighted by Gasteiger charge is 2.22. The number of hydrogen-bond donors (Lipinski definition) is 1. The van der Waals surface area contributed by atoms with Crippen LogP contribution in [0.3, 0.4) is 0 Å². The number of nitrogens with two attached hydrogens (primary N) is 1. The van der Waals surface area contributed by atoms with E-state index >= 15 is 0 Å². The first-order valence-electron chi connectivity index (χ1n) is 7.90. The summed E-state index contributed by atoms with van der Waals surface area (Å²) in [6, 6.07) is 8.85. The van der Waals surface area contributed by atoms with E-state index in [1.54, 1.807) is 0 Å². The van der Waals surface area contributed by atoms with Crippen molar-refractivity contribution in [3.8, 4) is 0 Å². The smallest absolute Gasteiger partial charge is 0.133 e. The number of benzene rings is 1. The maximum absolute atomic E-state index is 2.41. The molecule has 0 saturated carbocycles. The molecule has 0 amide bonds. The zero-order chi connectivity index (χ0) is 14.9. The molecule has 0 aliphatic rings. The third-order valence-electron chi connectivity index (χ3n) is 3.68. The van der Waals surface area contributed by atoms with Gasteiger partial charge in [-0.1, -0.05) is 66.7 Å². The summed E-state index contributed by atoms with van der Waals surface area (Å²) in [6.07, 6.45) is 2.46. The van der Waals surface area contributed by atoms with Crippen molar-refractivity contribution in [2.45, 2.75) is 66.7 Å². The SMILES string of the molecule is CC.CCC(C)(C)c1ccccc1[NH2+]CCC(C)C. The van der Waals surface area contributed by atoms with Crippen LogP contribution in [0.15, 0.2) is 24.3 Å². The molecule has 0 spiro atoms. The summed E-state index contributed by atoms with van der Waals surface area (Å²) in [5.41, 5.74) is 3.21. The van der Waals surface area contributed by atoms with Crippen LogP contribution >= 0.6 is 0 Å². The molecule has 1 heteroatoms. The molecule has 110 valence electrons. The van der Waals surface area contributed by atoms with E-state index in [0.717, 1.165) is 5.92 Å². The molecule has 0 aliphatic carbocycles. The lowest BCUT2D eigenvalue weighted by Gasteiger charge is -2.24. The summed E-state index contributed by atoms with van der Waals surface area (Å²) in [5.74, 6) is 0.789. The van der Waals surface area contributed by atoms with Gasteiger partial charge in [0.1, 0.15) is 5.69 Å². The van der Waals surface area contributed by atoms with Gasteiger partial charge >= 0.3 is 0 Å². The molecule has 0 fully saturated rings. The minimum atomic E-state index is 0.283. The quantitative estimate of drug-likeness (QED) is 0.721. The summed E-state index contributed by atoms with van der Waals surface area (Å²) < 4.78 is 0. The molecule has 0 radical (unpaired) electrons. The maximum atomic E-state index is 2.41. The van der Waals surface area contributed by atoms with Crippen LogP contribution in [0.1, 0.15) is 66.9 Å². The predicted octanol–water partition coefficient (Wildman–Crippen LogP) is 4.64. The molecule has 1 rings (SSSR count). The topological polar surface area (TPSA) is 16.6 Å². The summed E-state index contributed by atoms with van der Waals surface area (Å²) in [6.45, 7) is 16.7. The van der Waals surface area contributed by atoms with Crippen molar-refractivity contribution in [3.63, 3.8) is 0 Å². The second kappa shape index (κ2) is 9.14. The molecule has 1 nitrogen and oxygen atoms in total. The minimum Gasteiger partial charge on any atom is -0.314 e. The van der Waals surface area contributed by atoms with Crippen LogP contribution in [-0.4, -0.2) is 6.54 Å². The number of para-hydroxylation sites is 1. The first kappa shape index (κ1) is 18.2. The first-order chi connectivity index (χ1) is 8.97. The average Bonchev–Trinajstić information content (AvgIpc) is 2.41. The van der Waals surface area contributed by atoms with Gasteiger partial charge in [-0.25, -0.2) is 0 Å². The highest BCUT2D eigenvalue weighted by Crippen LogP contribution is 2.30. The number of hydrogen-bond acceptors (Lipinski definition) is 0. The Kier molecular flexibility index (Phi) is 8.75. The first-order valence-corrected chi connectivity index (χ1v) is 7.90. The Morgan fingerprint density at radius 3 is 2.21 bits per heavy atom. The Morgan fingerprint density at radius 2 is 1.68 bits per heavy atom. The molecule has 0 unspecified atom stereocenters. The van der Waals surface area contributed by atoms with Crippen molar-refractivity contribution in [2.24, 2.45) is 5.92 Å². The zero-order valence-corrected chi connectivity index (χ0v) is 14.1. The molecule has 0 bridgehead atoms. The van der Waals surface area contributed by atoms with E-state index in [1.165, 1.54) is 30.6 Å². The highest BCUT2D eigenvalue weighted by molar-refractivity contribution is 5.43. The van der Waals surface area contributed by atoms with Gasteiger partial charge in [0.2, 0.25) is 0 Å². The molecule has 0 atom stereocenters. The van der Waals surface area contributed by atoms with E-state index < -0.39 is 0 Å². The van der Waals surface area contributed by atoms with E-state index in [4.69, 9.17) is 0 Å². The van der Waals surface area contributed by atoms with E-state index in [1.807, 2.05) is 13.8 Å². The van der Waals surface area contributed by atoms with Gasteiger partial charge in [-0.15, -0.1) is 0 Å². The maximum Gasteiger partial charge on any atom is 0.133 e. The van der Waals surface area contributed by atoms with Gasteiger partial charge in [-0.3, -0.25) is 0 Å². The fourth-order valence-corrected chi connectivity index (χ4v) is 2.05. The second-order valence-electron chi connectivity index (χ2n) is 6.00. The van der Waals surface area contributed by atoms with Crippen molar-refractivity contribution >= 4 is 5.69 Å². The zero-order valence-electron chi connectivity index (χ0n) is 14.1. The van der Waals surface area contributed by atoms with Crippen LogP contribution in [0.2, 0.25) is 0 Å². The molecule has 0 aliphatic heterocycles. The predicted molar refractivity (Wildman–Crippen MR) is 87.0 cm³/mol. The molecule has 2 N–H and O–H groups in total. The largest absolute Gasteiger partial charge is 0.314 e. The van der Waals surface area contributed by atoms with Gasteiger partial charge in [-0.2, -0.15) is 0 Å². The minimum absolute atomic E-state index is 0.283. The highest BCUT2D eigenvalue weighted by atomic mass is 14.9. The summed E-state index contributed by atoms with van der Waals surface area (Å²) in [7, 11) is 0. The van der Waals surface area contributed by atoms with Gasteiger partial charge in [0.05, 0.1) is 6.54 Å². The lowest BCUT2D eigenvalue weighted by atomic mass is 9.81. The van der Waals surface area contributed by atoms with Gasteiger partial charge in [0.15, 0.2) is 0 Å². The summed E-state index contributed by atoms with van der Waals surface area (Å²) in [4.78, 5) is 0. The third kappa shape index (κ3) is 6.24. The Bertz CT molecular complexity index is 339. The molecule has 0 saturated heterocycles. The van der Waals surface area contributed by atoms with E-state index in [0.29, 0.717) is 0 Å². The fourth-order valence-electron chi connectivity index (χ4n) is 2.05. The third-order valence-corrected chi connectivity index (χ3v) is 3.68.